The first-order valence-electron chi connectivity index (χ1n) is 7.34. The van der Waals surface area contributed by atoms with Gasteiger partial charge in [-0.25, -0.2) is 0 Å². The first-order chi connectivity index (χ1) is 10.6. The minimum absolute atomic E-state index is 0.00466. The number of aryl methyl sites for hydroxylation is 1. The molecule has 1 N–H and O–H groups in total. The van der Waals surface area contributed by atoms with E-state index in [0.29, 0.717) is 11.1 Å². The highest BCUT2D eigenvalue weighted by Crippen LogP contribution is 2.17. The zero-order chi connectivity index (χ0) is 15.5. The van der Waals surface area contributed by atoms with E-state index < -0.39 is 0 Å². The summed E-state index contributed by atoms with van der Waals surface area (Å²) in [5.41, 5.74) is 3.32. The van der Waals surface area contributed by atoms with Crippen LogP contribution < -0.4 is 0 Å². The second-order valence-corrected chi connectivity index (χ2v) is 5.44. The van der Waals surface area contributed by atoms with Gasteiger partial charge in [-0.05, 0) is 36.8 Å². The molecule has 0 aliphatic heterocycles. The third-order valence-corrected chi connectivity index (χ3v) is 3.90. The van der Waals surface area contributed by atoms with Crippen molar-refractivity contribution in [1.29, 1.82) is 0 Å². The van der Waals surface area contributed by atoms with Crippen molar-refractivity contribution < 1.29 is 9.59 Å². The van der Waals surface area contributed by atoms with Gasteiger partial charge >= 0.3 is 0 Å². The molecule has 0 spiro atoms. The lowest BCUT2D eigenvalue weighted by Gasteiger charge is -2.05. The zero-order valence-electron chi connectivity index (χ0n) is 12.4. The number of Topliss-reactive ketones (excluding diaryl/α,β-unsaturated/α-hetero) is 2. The van der Waals surface area contributed by atoms with Gasteiger partial charge in [-0.2, -0.15) is 0 Å². The number of H-pyrrole nitrogens is 1. The van der Waals surface area contributed by atoms with Gasteiger partial charge in [-0.3, -0.25) is 9.59 Å². The van der Waals surface area contributed by atoms with Crippen LogP contribution in [-0.2, 0) is 0 Å². The Labute approximate surface area is 129 Å². The minimum Gasteiger partial charge on any atom is -0.361 e. The maximum absolute atomic E-state index is 12.3. The molecule has 3 rings (SSSR count). The number of aromatic nitrogens is 1. The van der Waals surface area contributed by atoms with Crippen LogP contribution in [0, 0.1) is 6.92 Å². The van der Waals surface area contributed by atoms with E-state index in [-0.39, 0.29) is 24.4 Å². The predicted molar refractivity (Wildman–Crippen MR) is 87.4 cm³/mol. The van der Waals surface area contributed by atoms with E-state index in [1.165, 1.54) is 0 Å². The molecule has 110 valence electrons. The van der Waals surface area contributed by atoms with E-state index in [4.69, 9.17) is 0 Å². The molecule has 1 heterocycles. The van der Waals surface area contributed by atoms with Gasteiger partial charge in [0.1, 0.15) is 0 Å². The number of nitrogens with one attached hydrogen (secondary N) is 1. The smallest absolute Gasteiger partial charge is 0.163 e. The molecule has 0 amide bonds. The molecule has 0 fully saturated rings. The highest BCUT2D eigenvalue weighted by atomic mass is 16.1. The number of carbonyl (C=O) groups is 2. The monoisotopic (exact) mass is 291 g/mol. The van der Waals surface area contributed by atoms with E-state index in [2.05, 4.69) is 4.98 Å². The largest absolute Gasteiger partial charge is 0.361 e. The molecule has 3 heteroatoms. The first-order valence-corrected chi connectivity index (χ1v) is 7.34. The first kappa shape index (κ1) is 14.3. The van der Waals surface area contributed by atoms with Gasteiger partial charge in [-0.1, -0.05) is 24.3 Å². The molecule has 1 aromatic heterocycles. The topological polar surface area (TPSA) is 49.9 Å². The van der Waals surface area contributed by atoms with Crippen LogP contribution in [0.1, 0.15) is 39.1 Å². The van der Waals surface area contributed by atoms with Gasteiger partial charge < -0.3 is 4.98 Å². The van der Waals surface area contributed by atoms with E-state index in [1.54, 1.807) is 6.07 Å². The van der Waals surface area contributed by atoms with Crippen LogP contribution in [0.5, 0.6) is 0 Å². The lowest BCUT2D eigenvalue weighted by molar-refractivity contribution is 0.0917. The van der Waals surface area contributed by atoms with Gasteiger partial charge in [0.15, 0.2) is 11.6 Å². The summed E-state index contributed by atoms with van der Waals surface area (Å²) < 4.78 is 0. The van der Waals surface area contributed by atoms with Crippen molar-refractivity contribution in [1.82, 2.24) is 4.98 Å². The molecule has 3 nitrogen and oxygen atoms in total. The molecule has 2 aromatic carbocycles. The van der Waals surface area contributed by atoms with Crippen LogP contribution in [0.3, 0.4) is 0 Å². The van der Waals surface area contributed by atoms with Crippen LogP contribution in [0.25, 0.3) is 10.9 Å². The summed E-state index contributed by atoms with van der Waals surface area (Å²) in [5.74, 6) is 0.0270. The average Bonchev–Trinajstić information content (AvgIpc) is 3.00. The second kappa shape index (κ2) is 5.98. The van der Waals surface area contributed by atoms with Crippen LogP contribution in [0.15, 0.2) is 54.7 Å². The number of fused-ring (bicyclic) bond motifs is 1. The zero-order valence-corrected chi connectivity index (χ0v) is 12.4. The van der Waals surface area contributed by atoms with Crippen molar-refractivity contribution >= 4 is 22.5 Å². The van der Waals surface area contributed by atoms with Crippen molar-refractivity contribution in [2.45, 2.75) is 19.8 Å². The quantitative estimate of drug-likeness (QED) is 0.712. The maximum atomic E-state index is 12.3. The molecule has 0 aliphatic rings. The van der Waals surface area contributed by atoms with E-state index in [0.717, 1.165) is 16.5 Å². The molecule has 0 aliphatic carbocycles. The van der Waals surface area contributed by atoms with E-state index in [9.17, 15) is 9.59 Å². The number of carbonyl (C=O) groups excluding carboxylic acids is 2. The van der Waals surface area contributed by atoms with Gasteiger partial charge in [0.2, 0.25) is 0 Å². The Morgan fingerprint density at radius 3 is 2.55 bits per heavy atom. The maximum Gasteiger partial charge on any atom is 0.163 e. The number of benzene rings is 2. The van der Waals surface area contributed by atoms with Crippen LogP contribution >= 0.6 is 0 Å². The Morgan fingerprint density at radius 2 is 1.73 bits per heavy atom. The SMILES string of the molecule is Cc1ccccc1C(=O)CCC(=O)c1ccc2[nH]ccc2c1. The van der Waals surface area contributed by atoms with Gasteiger partial charge in [0, 0.05) is 41.1 Å². The molecule has 0 unspecified atom stereocenters. The average molecular weight is 291 g/mol. The summed E-state index contributed by atoms with van der Waals surface area (Å²) in [6.45, 7) is 1.91. The third-order valence-electron chi connectivity index (χ3n) is 3.90. The number of ketones is 2. The predicted octanol–water partition coefficient (Wildman–Crippen LogP) is 4.32. The minimum atomic E-state index is 0.00466. The van der Waals surface area contributed by atoms with Crippen molar-refractivity contribution in [3.8, 4) is 0 Å². The molecule has 22 heavy (non-hydrogen) atoms. The lowest BCUT2D eigenvalue weighted by Crippen LogP contribution is -2.06. The standard InChI is InChI=1S/C19H17NO2/c1-13-4-2-3-5-16(13)19(22)9-8-18(21)15-6-7-17-14(12-15)10-11-20-17/h2-7,10-12,20H,8-9H2,1H3. The van der Waals surface area contributed by atoms with Crippen molar-refractivity contribution in [3.63, 3.8) is 0 Å². The highest BCUT2D eigenvalue weighted by molar-refractivity contribution is 6.04. The fourth-order valence-corrected chi connectivity index (χ4v) is 2.62. The van der Waals surface area contributed by atoms with E-state index >= 15 is 0 Å². The number of hydrogen-bond donors (Lipinski definition) is 1. The number of hydrogen-bond acceptors (Lipinski definition) is 2. The Kier molecular flexibility index (Phi) is 3.88. The molecular formula is C19H17NO2. The molecular weight excluding hydrogens is 274 g/mol. The Balaban J connectivity index is 1.69. The normalized spacial score (nSPS) is 10.8. The fourth-order valence-electron chi connectivity index (χ4n) is 2.62. The van der Waals surface area contributed by atoms with E-state index in [1.807, 2.05) is 55.6 Å². The van der Waals surface area contributed by atoms with Crippen molar-refractivity contribution in [3.05, 3.63) is 71.4 Å². The van der Waals surface area contributed by atoms with Crippen molar-refractivity contribution in [2.75, 3.05) is 0 Å². The Morgan fingerprint density at radius 1 is 0.955 bits per heavy atom. The van der Waals surface area contributed by atoms with Crippen LogP contribution in [-0.4, -0.2) is 16.6 Å². The lowest BCUT2D eigenvalue weighted by atomic mass is 9.98. The van der Waals surface area contributed by atoms with Crippen molar-refractivity contribution in [2.24, 2.45) is 0 Å². The Hall–Kier alpha value is -2.68. The molecule has 0 radical (unpaired) electrons. The van der Waals surface area contributed by atoms with Gasteiger partial charge in [0.25, 0.3) is 0 Å². The molecule has 3 aromatic rings. The summed E-state index contributed by atoms with van der Waals surface area (Å²) in [6, 6.07) is 15.0. The molecule has 0 bridgehead atoms. The molecule has 0 saturated carbocycles. The second-order valence-electron chi connectivity index (χ2n) is 5.44. The molecule has 0 saturated heterocycles. The summed E-state index contributed by atoms with van der Waals surface area (Å²) in [4.78, 5) is 27.6. The summed E-state index contributed by atoms with van der Waals surface area (Å²) in [7, 11) is 0. The van der Waals surface area contributed by atoms with Gasteiger partial charge in [-0.15, -0.1) is 0 Å². The number of rotatable bonds is 5. The Bertz CT molecular complexity index is 845. The highest BCUT2D eigenvalue weighted by Gasteiger charge is 2.13. The summed E-state index contributed by atoms with van der Waals surface area (Å²) >= 11 is 0. The van der Waals surface area contributed by atoms with Crippen LogP contribution in [0.2, 0.25) is 0 Å². The third kappa shape index (κ3) is 2.84. The summed E-state index contributed by atoms with van der Waals surface area (Å²) in [6.07, 6.45) is 2.33. The molecule has 0 atom stereocenters. The number of aromatic amines is 1. The van der Waals surface area contributed by atoms with Crippen LogP contribution in [0.4, 0.5) is 0 Å². The van der Waals surface area contributed by atoms with Gasteiger partial charge in [0.05, 0.1) is 0 Å². The summed E-state index contributed by atoms with van der Waals surface area (Å²) in [5, 5.41) is 1.01. The fraction of sp³-hybridized carbons (Fsp3) is 0.158.